The topological polar surface area (TPSA) is 30.5 Å². The molecule has 0 amide bonds. The van der Waals surface area contributed by atoms with Gasteiger partial charge in [-0.2, -0.15) is 0 Å². The Morgan fingerprint density at radius 2 is 1.74 bits per heavy atom. The second-order valence-corrected chi connectivity index (χ2v) is 5.09. The van der Waals surface area contributed by atoms with E-state index in [-0.39, 0.29) is 12.3 Å². The Morgan fingerprint density at radius 1 is 1.11 bits per heavy atom. The Labute approximate surface area is 124 Å². The average Bonchev–Trinajstić information content (AvgIpc) is 2.40. The van der Waals surface area contributed by atoms with Gasteiger partial charge in [-0.05, 0) is 38.4 Å². The van der Waals surface area contributed by atoms with E-state index in [0.717, 1.165) is 17.4 Å². The molecule has 0 spiro atoms. The van der Waals surface area contributed by atoms with Crippen molar-refractivity contribution in [1.82, 2.24) is 5.32 Å². The molecule has 0 saturated carbocycles. The normalized spacial score (nSPS) is 12.9. The number of halogens is 1. The van der Waals surface area contributed by atoms with Crippen LogP contribution in [0.1, 0.15) is 26.3 Å². The summed E-state index contributed by atoms with van der Waals surface area (Å²) in [5, 5.41) is 3.46. The minimum atomic E-state index is -0.206. The molecule has 1 rings (SSSR count). The lowest BCUT2D eigenvalue weighted by molar-refractivity contribution is -0.153. The van der Waals surface area contributed by atoms with Crippen LogP contribution in [0.3, 0.4) is 0 Å². The van der Waals surface area contributed by atoms with Crippen LogP contribution in [-0.2, 0) is 15.9 Å². The molecule has 1 N–H and O–H groups in total. The predicted octanol–water partition coefficient (Wildman–Crippen LogP) is 3.37. The fourth-order valence-corrected chi connectivity index (χ4v) is 2.48. The molecule has 1 aromatic carbocycles. The molecule has 4 heteroatoms. The van der Waals surface area contributed by atoms with Crippen molar-refractivity contribution < 1.29 is 9.47 Å². The van der Waals surface area contributed by atoms with Crippen LogP contribution in [-0.4, -0.2) is 32.1 Å². The van der Waals surface area contributed by atoms with Gasteiger partial charge >= 0.3 is 0 Å². The van der Waals surface area contributed by atoms with E-state index in [1.807, 2.05) is 19.9 Å². The highest BCUT2D eigenvalue weighted by Gasteiger charge is 2.22. The highest BCUT2D eigenvalue weighted by molar-refractivity contribution is 9.10. The smallest absolute Gasteiger partial charge is 0.172 e. The maximum Gasteiger partial charge on any atom is 0.172 e. The van der Waals surface area contributed by atoms with E-state index in [1.165, 1.54) is 5.56 Å². The number of benzene rings is 1. The van der Waals surface area contributed by atoms with Gasteiger partial charge in [0.25, 0.3) is 0 Å². The molecule has 19 heavy (non-hydrogen) atoms. The van der Waals surface area contributed by atoms with E-state index < -0.39 is 0 Å². The second kappa shape index (κ2) is 9.48. The molecule has 0 saturated heterocycles. The maximum atomic E-state index is 5.71. The molecule has 0 aliphatic heterocycles. The van der Waals surface area contributed by atoms with E-state index in [9.17, 15) is 0 Å². The number of rotatable bonds is 9. The molecule has 0 aromatic heterocycles. The van der Waals surface area contributed by atoms with Crippen LogP contribution >= 0.6 is 15.9 Å². The van der Waals surface area contributed by atoms with Gasteiger partial charge in [0.05, 0.1) is 6.04 Å². The minimum absolute atomic E-state index is 0.156. The van der Waals surface area contributed by atoms with Gasteiger partial charge in [0.1, 0.15) is 0 Å². The van der Waals surface area contributed by atoms with Crippen molar-refractivity contribution in [3.05, 3.63) is 34.3 Å². The number of likely N-dealkylation sites (N-methyl/N-ethyl adjacent to an activating group) is 1. The highest BCUT2D eigenvalue weighted by Crippen LogP contribution is 2.19. The zero-order valence-corrected chi connectivity index (χ0v) is 13.6. The zero-order valence-electron chi connectivity index (χ0n) is 12.0. The quantitative estimate of drug-likeness (QED) is 0.704. The molecule has 0 radical (unpaired) electrons. The molecule has 3 nitrogen and oxygen atoms in total. The first kappa shape index (κ1) is 16.6. The first-order chi connectivity index (χ1) is 9.22. The maximum absolute atomic E-state index is 5.71. The van der Waals surface area contributed by atoms with Crippen molar-refractivity contribution in [2.24, 2.45) is 0 Å². The summed E-state index contributed by atoms with van der Waals surface area (Å²) in [4.78, 5) is 0. The first-order valence-electron chi connectivity index (χ1n) is 6.92. The Hall–Kier alpha value is -0.420. The summed E-state index contributed by atoms with van der Waals surface area (Å²) in [6, 6.07) is 8.43. The third-order valence-electron chi connectivity index (χ3n) is 2.85. The standard InChI is InChI=1S/C15H24BrNO2/c1-4-17-14(15(18-5-2)19-6-3)11-12-9-7-8-10-13(12)16/h7-10,14-15,17H,4-6,11H2,1-3H3. The number of hydrogen-bond acceptors (Lipinski definition) is 3. The Morgan fingerprint density at radius 3 is 2.26 bits per heavy atom. The molecule has 1 unspecified atom stereocenters. The van der Waals surface area contributed by atoms with Crippen molar-refractivity contribution >= 4 is 15.9 Å². The molecular formula is C15H24BrNO2. The summed E-state index contributed by atoms with van der Waals surface area (Å²) in [5.74, 6) is 0. The van der Waals surface area contributed by atoms with Crippen LogP contribution in [0.5, 0.6) is 0 Å². The fraction of sp³-hybridized carbons (Fsp3) is 0.600. The van der Waals surface area contributed by atoms with E-state index >= 15 is 0 Å². The lowest BCUT2D eigenvalue weighted by Gasteiger charge is -2.27. The van der Waals surface area contributed by atoms with Gasteiger partial charge in [-0.3, -0.25) is 0 Å². The second-order valence-electron chi connectivity index (χ2n) is 4.24. The highest BCUT2D eigenvalue weighted by atomic mass is 79.9. The number of hydrogen-bond donors (Lipinski definition) is 1. The van der Waals surface area contributed by atoms with E-state index in [2.05, 4.69) is 46.4 Å². The first-order valence-corrected chi connectivity index (χ1v) is 7.72. The van der Waals surface area contributed by atoms with Crippen LogP contribution in [0.2, 0.25) is 0 Å². The third-order valence-corrected chi connectivity index (χ3v) is 3.63. The van der Waals surface area contributed by atoms with Gasteiger partial charge in [0, 0.05) is 17.7 Å². The Bertz CT molecular complexity index is 354. The molecule has 0 aliphatic rings. The summed E-state index contributed by atoms with van der Waals surface area (Å²) >= 11 is 3.59. The molecule has 108 valence electrons. The van der Waals surface area contributed by atoms with Gasteiger partial charge in [0.2, 0.25) is 0 Å². The van der Waals surface area contributed by atoms with Gasteiger partial charge in [-0.1, -0.05) is 41.1 Å². The van der Waals surface area contributed by atoms with E-state index in [1.54, 1.807) is 0 Å². The van der Waals surface area contributed by atoms with E-state index in [0.29, 0.717) is 13.2 Å². The van der Waals surface area contributed by atoms with Crippen LogP contribution in [0.15, 0.2) is 28.7 Å². The predicted molar refractivity (Wildman–Crippen MR) is 82.4 cm³/mol. The van der Waals surface area contributed by atoms with Gasteiger partial charge in [-0.25, -0.2) is 0 Å². The van der Waals surface area contributed by atoms with Crippen molar-refractivity contribution in [3.63, 3.8) is 0 Å². The molecule has 0 aliphatic carbocycles. The lowest BCUT2D eigenvalue weighted by atomic mass is 10.1. The number of nitrogens with one attached hydrogen (secondary N) is 1. The summed E-state index contributed by atoms with van der Waals surface area (Å²) < 4.78 is 12.5. The Balaban J connectivity index is 2.77. The molecule has 0 heterocycles. The average molecular weight is 330 g/mol. The van der Waals surface area contributed by atoms with Crippen LogP contribution in [0.4, 0.5) is 0 Å². The van der Waals surface area contributed by atoms with Crippen LogP contribution < -0.4 is 5.32 Å². The summed E-state index contributed by atoms with van der Waals surface area (Å²) in [7, 11) is 0. The third kappa shape index (κ3) is 5.61. The fourth-order valence-electron chi connectivity index (χ4n) is 2.04. The molecule has 1 atom stereocenters. The van der Waals surface area contributed by atoms with Crippen LogP contribution in [0.25, 0.3) is 0 Å². The Kier molecular flexibility index (Phi) is 8.30. The molecule has 0 bridgehead atoms. The monoisotopic (exact) mass is 329 g/mol. The van der Waals surface area contributed by atoms with Crippen LogP contribution in [0, 0.1) is 0 Å². The molecular weight excluding hydrogens is 306 g/mol. The van der Waals surface area contributed by atoms with Gasteiger partial charge < -0.3 is 14.8 Å². The SMILES string of the molecule is CCNC(Cc1ccccc1Br)C(OCC)OCC. The lowest BCUT2D eigenvalue weighted by Crippen LogP contribution is -2.44. The zero-order chi connectivity index (χ0) is 14.1. The minimum Gasteiger partial charge on any atom is -0.351 e. The van der Waals surface area contributed by atoms with Crippen molar-refractivity contribution in [2.45, 2.75) is 39.5 Å². The molecule has 0 fully saturated rings. The van der Waals surface area contributed by atoms with Gasteiger partial charge in [-0.15, -0.1) is 0 Å². The van der Waals surface area contributed by atoms with E-state index in [4.69, 9.17) is 9.47 Å². The summed E-state index contributed by atoms with van der Waals surface area (Å²) in [6.45, 7) is 8.29. The summed E-state index contributed by atoms with van der Waals surface area (Å²) in [5.41, 5.74) is 1.26. The van der Waals surface area contributed by atoms with Gasteiger partial charge in [0.15, 0.2) is 6.29 Å². The van der Waals surface area contributed by atoms with Crippen molar-refractivity contribution in [1.29, 1.82) is 0 Å². The van der Waals surface area contributed by atoms with Crippen molar-refractivity contribution in [3.8, 4) is 0 Å². The largest absolute Gasteiger partial charge is 0.351 e. The molecule has 1 aromatic rings. The van der Waals surface area contributed by atoms with Crippen molar-refractivity contribution in [2.75, 3.05) is 19.8 Å². The summed E-state index contributed by atoms with van der Waals surface area (Å²) in [6.07, 6.45) is 0.669. The number of ether oxygens (including phenoxy) is 2.